The summed E-state index contributed by atoms with van der Waals surface area (Å²) in [6.45, 7) is 11.3. The third-order valence-electron chi connectivity index (χ3n) is 4.07. The maximum Gasteiger partial charge on any atom is 0.263 e. The summed E-state index contributed by atoms with van der Waals surface area (Å²) >= 11 is 0. The Morgan fingerprint density at radius 2 is 2.04 bits per heavy atom. The van der Waals surface area contributed by atoms with Crippen LogP contribution in [0.1, 0.15) is 48.8 Å². The summed E-state index contributed by atoms with van der Waals surface area (Å²) in [7, 11) is 0. The second-order valence-electron chi connectivity index (χ2n) is 6.50. The van der Waals surface area contributed by atoms with Crippen LogP contribution in [0, 0.1) is 19.8 Å². The fourth-order valence-corrected chi connectivity index (χ4v) is 2.58. The van der Waals surface area contributed by atoms with Crippen molar-refractivity contribution in [3.63, 3.8) is 0 Å². The minimum absolute atomic E-state index is 0.185. The molecule has 1 N–H and O–H groups in total. The summed E-state index contributed by atoms with van der Waals surface area (Å²) in [6, 6.07) is 3.61. The van der Waals surface area contributed by atoms with Crippen LogP contribution in [0.5, 0.6) is 0 Å². The average Bonchev–Trinajstić information content (AvgIpc) is 2.86. The van der Waals surface area contributed by atoms with Crippen LogP contribution in [0.3, 0.4) is 0 Å². The van der Waals surface area contributed by atoms with E-state index in [1.165, 1.54) is 0 Å². The average molecular weight is 330 g/mol. The fourth-order valence-electron chi connectivity index (χ4n) is 2.58. The van der Waals surface area contributed by atoms with E-state index >= 15 is 0 Å². The van der Waals surface area contributed by atoms with Gasteiger partial charge in [0.1, 0.15) is 5.56 Å². The Kier molecular flexibility index (Phi) is 5.59. The molecule has 6 nitrogen and oxygen atoms in total. The highest BCUT2D eigenvalue weighted by molar-refractivity contribution is 6.04. The number of nitrogens with zero attached hydrogens (tertiary/aromatic N) is 3. The van der Waals surface area contributed by atoms with Crippen molar-refractivity contribution in [1.29, 1.82) is 0 Å². The molecule has 24 heavy (non-hydrogen) atoms. The zero-order valence-electron chi connectivity index (χ0n) is 15.1. The Labute approximate surface area is 142 Å². The van der Waals surface area contributed by atoms with Crippen LogP contribution >= 0.6 is 0 Å². The minimum atomic E-state index is -0.405. The maximum atomic E-state index is 12.6. The van der Waals surface area contributed by atoms with Gasteiger partial charge in [0.05, 0.1) is 0 Å². The molecule has 2 aromatic heterocycles. The van der Waals surface area contributed by atoms with Gasteiger partial charge in [0.2, 0.25) is 0 Å². The van der Waals surface area contributed by atoms with Gasteiger partial charge in [-0.1, -0.05) is 13.8 Å². The largest absolute Gasteiger partial charge is 0.315 e. The van der Waals surface area contributed by atoms with Gasteiger partial charge in [-0.3, -0.25) is 14.3 Å². The zero-order chi connectivity index (χ0) is 17.9. The van der Waals surface area contributed by atoms with Crippen molar-refractivity contribution < 1.29 is 4.79 Å². The molecule has 2 rings (SSSR count). The van der Waals surface area contributed by atoms with Crippen molar-refractivity contribution >= 4 is 11.7 Å². The van der Waals surface area contributed by atoms with E-state index in [0.29, 0.717) is 23.8 Å². The van der Waals surface area contributed by atoms with Crippen molar-refractivity contribution in [2.24, 2.45) is 5.92 Å². The summed E-state index contributed by atoms with van der Waals surface area (Å²) in [5.74, 6) is 0.560. The van der Waals surface area contributed by atoms with E-state index in [1.54, 1.807) is 28.4 Å². The molecule has 1 amide bonds. The maximum absolute atomic E-state index is 12.6. The van der Waals surface area contributed by atoms with E-state index in [0.717, 1.165) is 18.7 Å². The molecule has 0 bridgehead atoms. The topological polar surface area (TPSA) is 68.9 Å². The van der Waals surface area contributed by atoms with Gasteiger partial charge in [-0.25, -0.2) is 0 Å². The van der Waals surface area contributed by atoms with Crippen LogP contribution in [-0.4, -0.2) is 20.3 Å². The van der Waals surface area contributed by atoms with Crippen molar-refractivity contribution in [2.45, 2.75) is 54.1 Å². The lowest BCUT2D eigenvalue weighted by atomic mass is 10.1. The number of pyridine rings is 1. The summed E-state index contributed by atoms with van der Waals surface area (Å²) in [5.41, 5.74) is 1.57. The number of aromatic nitrogens is 3. The summed E-state index contributed by atoms with van der Waals surface area (Å²) in [4.78, 5) is 25.2. The molecule has 0 aliphatic carbocycles. The molecule has 130 valence electrons. The molecule has 0 fully saturated rings. The molecule has 2 aromatic rings. The van der Waals surface area contributed by atoms with Crippen molar-refractivity contribution in [2.75, 3.05) is 5.32 Å². The molecule has 2 heterocycles. The Morgan fingerprint density at radius 3 is 2.62 bits per heavy atom. The lowest BCUT2D eigenvalue weighted by Crippen LogP contribution is -2.30. The third kappa shape index (κ3) is 3.93. The van der Waals surface area contributed by atoms with E-state index in [-0.39, 0.29) is 11.1 Å². The number of hydrogen-bond acceptors (Lipinski definition) is 3. The highest BCUT2D eigenvalue weighted by Gasteiger charge is 2.17. The van der Waals surface area contributed by atoms with Gasteiger partial charge in [0.15, 0.2) is 5.82 Å². The van der Waals surface area contributed by atoms with Gasteiger partial charge in [-0.05, 0) is 44.7 Å². The first kappa shape index (κ1) is 18.0. The lowest BCUT2D eigenvalue weighted by Gasteiger charge is -2.11. The standard InChI is InChI=1S/C18H26N4O2/c1-6-22-14(5)11-15(20-22)19-17(23)16-13(4)8-10-21(18(16)24)9-7-12(2)3/h8,10-12H,6-7,9H2,1-5H3,(H,19,20,23). The Bertz CT molecular complexity index is 787. The molecule has 0 unspecified atom stereocenters. The third-order valence-corrected chi connectivity index (χ3v) is 4.07. The van der Waals surface area contributed by atoms with Gasteiger partial charge in [0.25, 0.3) is 11.5 Å². The van der Waals surface area contributed by atoms with Crippen LogP contribution in [0.2, 0.25) is 0 Å². The van der Waals surface area contributed by atoms with Crippen LogP contribution in [0.4, 0.5) is 5.82 Å². The molecule has 0 aliphatic rings. The fraction of sp³-hybridized carbons (Fsp3) is 0.500. The normalized spacial score (nSPS) is 11.1. The predicted octanol–water partition coefficient (Wildman–Crippen LogP) is 2.98. The van der Waals surface area contributed by atoms with Crippen molar-refractivity contribution in [1.82, 2.24) is 14.3 Å². The summed E-state index contributed by atoms with van der Waals surface area (Å²) in [6.07, 6.45) is 2.65. The first-order valence-corrected chi connectivity index (χ1v) is 8.39. The monoisotopic (exact) mass is 330 g/mol. The van der Waals surface area contributed by atoms with Crippen molar-refractivity contribution in [3.8, 4) is 0 Å². The summed E-state index contributed by atoms with van der Waals surface area (Å²) < 4.78 is 3.41. The van der Waals surface area contributed by atoms with Crippen LogP contribution in [-0.2, 0) is 13.1 Å². The van der Waals surface area contributed by atoms with Crippen LogP contribution in [0.15, 0.2) is 23.1 Å². The molecule has 0 aromatic carbocycles. The molecule has 0 saturated heterocycles. The molecule has 0 atom stereocenters. The Balaban J connectivity index is 2.27. The highest BCUT2D eigenvalue weighted by atomic mass is 16.2. The second kappa shape index (κ2) is 7.47. The number of nitrogens with one attached hydrogen (secondary N) is 1. The number of rotatable bonds is 6. The van der Waals surface area contributed by atoms with Gasteiger partial charge in [-0.2, -0.15) is 5.10 Å². The number of carbonyl (C=O) groups is 1. The molecule has 0 aliphatic heterocycles. The Morgan fingerprint density at radius 1 is 1.33 bits per heavy atom. The molecular weight excluding hydrogens is 304 g/mol. The molecular formula is C18H26N4O2. The van der Waals surface area contributed by atoms with Gasteiger partial charge >= 0.3 is 0 Å². The number of carbonyl (C=O) groups excluding carboxylic acids is 1. The van der Waals surface area contributed by atoms with E-state index in [4.69, 9.17) is 0 Å². The summed E-state index contributed by atoms with van der Waals surface area (Å²) in [5, 5.41) is 7.05. The van der Waals surface area contributed by atoms with Gasteiger partial charge in [0, 0.05) is 31.0 Å². The van der Waals surface area contributed by atoms with E-state index in [2.05, 4.69) is 24.3 Å². The molecule has 0 radical (unpaired) electrons. The zero-order valence-corrected chi connectivity index (χ0v) is 15.1. The molecule has 0 spiro atoms. The van der Waals surface area contributed by atoms with Crippen LogP contribution < -0.4 is 10.9 Å². The van der Waals surface area contributed by atoms with E-state index in [9.17, 15) is 9.59 Å². The van der Waals surface area contributed by atoms with E-state index in [1.807, 2.05) is 19.9 Å². The number of amides is 1. The lowest BCUT2D eigenvalue weighted by molar-refractivity contribution is 0.102. The number of anilines is 1. The SMILES string of the molecule is CCn1nc(NC(=O)c2c(C)ccn(CCC(C)C)c2=O)cc1C. The minimum Gasteiger partial charge on any atom is -0.315 e. The van der Waals surface area contributed by atoms with Gasteiger partial charge < -0.3 is 9.88 Å². The predicted molar refractivity (Wildman–Crippen MR) is 95.5 cm³/mol. The Hall–Kier alpha value is -2.37. The van der Waals surface area contributed by atoms with Gasteiger partial charge in [-0.15, -0.1) is 0 Å². The second-order valence-corrected chi connectivity index (χ2v) is 6.50. The van der Waals surface area contributed by atoms with Crippen LogP contribution in [0.25, 0.3) is 0 Å². The quantitative estimate of drug-likeness (QED) is 0.885. The molecule has 6 heteroatoms. The number of hydrogen-bond donors (Lipinski definition) is 1. The molecule has 0 saturated carbocycles. The number of aryl methyl sites for hydroxylation is 4. The smallest absolute Gasteiger partial charge is 0.263 e. The first-order valence-electron chi connectivity index (χ1n) is 8.39. The van der Waals surface area contributed by atoms with E-state index < -0.39 is 5.91 Å². The van der Waals surface area contributed by atoms with Crippen molar-refractivity contribution in [3.05, 3.63) is 45.5 Å². The highest BCUT2D eigenvalue weighted by Crippen LogP contribution is 2.11. The first-order chi connectivity index (χ1) is 11.3.